The molecule has 1 fully saturated rings. The number of benzene rings is 1. The molecule has 196 valence electrons. The number of alkyl halides is 3. The van der Waals surface area contributed by atoms with Crippen molar-refractivity contribution in [1.29, 1.82) is 0 Å². The van der Waals surface area contributed by atoms with Gasteiger partial charge < -0.3 is 20.3 Å². The molecule has 2 atom stereocenters. The SMILES string of the molecule is CC(=O)Nc1nc(C)c(C(=O)N[C@@H](C)c2ccc(O[C@@H]3CCN(c4cccc(C(F)(F)F)n4)C3)cc2)s1. The van der Waals surface area contributed by atoms with Crippen LogP contribution >= 0.6 is 11.3 Å². The number of thiazole rings is 1. The van der Waals surface area contributed by atoms with Crippen molar-refractivity contribution in [1.82, 2.24) is 15.3 Å². The van der Waals surface area contributed by atoms with Crippen LogP contribution in [0.25, 0.3) is 0 Å². The number of ether oxygens (including phenoxy) is 1. The summed E-state index contributed by atoms with van der Waals surface area (Å²) in [5.41, 5.74) is 0.490. The van der Waals surface area contributed by atoms with Crippen LogP contribution in [0, 0.1) is 6.92 Å². The molecule has 3 aromatic rings. The summed E-state index contributed by atoms with van der Waals surface area (Å²) in [6.07, 6.45) is -4.02. The zero-order chi connectivity index (χ0) is 26.7. The Balaban J connectivity index is 1.32. The maximum absolute atomic E-state index is 13.0. The fourth-order valence-electron chi connectivity index (χ4n) is 3.97. The summed E-state index contributed by atoms with van der Waals surface area (Å²) in [7, 11) is 0. The van der Waals surface area contributed by atoms with E-state index in [0.717, 1.165) is 23.0 Å². The summed E-state index contributed by atoms with van der Waals surface area (Å²) in [6.45, 7) is 5.91. The number of nitrogens with zero attached hydrogens (tertiary/aromatic N) is 3. The van der Waals surface area contributed by atoms with Crippen LogP contribution in [0.15, 0.2) is 42.5 Å². The van der Waals surface area contributed by atoms with Crippen molar-refractivity contribution in [2.45, 2.75) is 45.5 Å². The Morgan fingerprint density at radius 2 is 1.89 bits per heavy atom. The minimum atomic E-state index is -4.49. The van der Waals surface area contributed by atoms with Crippen molar-refractivity contribution < 1.29 is 27.5 Å². The second-order valence-electron chi connectivity index (χ2n) is 8.73. The Bertz CT molecular complexity index is 1280. The lowest BCUT2D eigenvalue weighted by Gasteiger charge is -2.19. The van der Waals surface area contributed by atoms with E-state index in [-0.39, 0.29) is 29.8 Å². The van der Waals surface area contributed by atoms with Crippen LogP contribution in [-0.4, -0.2) is 41.0 Å². The van der Waals surface area contributed by atoms with E-state index in [9.17, 15) is 22.8 Å². The van der Waals surface area contributed by atoms with E-state index in [0.29, 0.717) is 41.0 Å². The second kappa shape index (κ2) is 10.8. The minimum absolute atomic E-state index is 0.188. The van der Waals surface area contributed by atoms with Gasteiger partial charge in [0.2, 0.25) is 5.91 Å². The molecule has 4 rings (SSSR count). The average Bonchev–Trinajstić information content (AvgIpc) is 3.45. The Labute approximate surface area is 215 Å². The number of rotatable bonds is 7. The quantitative estimate of drug-likeness (QED) is 0.445. The van der Waals surface area contributed by atoms with E-state index in [1.54, 1.807) is 30.0 Å². The van der Waals surface area contributed by atoms with E-state index in [1.807, 2.05) is 19.1 Å². The second-order valence-corrected chi connectivity index (χ2v) is 9.73. The standard InChI is InChI=1S/C25H26F3N5O3S/c1-14(29-23(35)22-15(2)30-24(37-22)31-16(3)34)17-7-9-18(10-8-17)36-19-11-12-33(13-19)21-6-4-5-20(32-21)25(26,27)28/h4-10,14,19H,11-13H2,1-3H3,(H,29,35)(H,30,31,34)/t14-,19+/m0/s1. The molecule has 2 N–H and O–H groups in total. The van der Waals surface area contributed by atoms with Crippen molar-refractivity contribution in [2.24, 2.45) is 0 Å². The van der Waals surface area contributed by atoms with Gasteiger partial charge in [0.1, 0.15) is 28.2 Å². The molecule has 0 unspecified atom stereocenters. The lowest BCUT2D eigenvalue weighted by atomic mass is 10.1. The molecule has 2 aromatic heterocycles. The first-order valence-corrected chi connectivity index (χ1v) is 12.4. The molecule has 0 bridgehead atoms. The third-order valence-corrected chi connectivity index (χ3v) is 6.88. The highest BCUT2D eigenvalue weighted by molar-refractivity contribution is 7.17. The topological polar surface area (TPSA) is 96.5 Å². The van der Waals surface area contributed by atoms with E-state index in [1.165, 1.54) is 13.0 Å². The number of carbonyl (C=O) groups is 2. The first kappa shape index (κ1) is 26.4. The van der Waals surface area contributed by atoms with Gasteiger partial charge in [-0.2, -0.15) is 13.2 Å². The Morgan fingerprint density at radius 1 is 1.16 bits per heavy atom. The molecule has 2 amide bonds. The van der Waals surface area contributed by atoms with Crippen molar-refractivity contribution in [3.8, 4) is 5.75 Å². The van der Waals surface area contributed by atoms with Gasteiger partial charge in [-0.3, -0.25) is 9.59 Å². The zero-order valence-electron chi connectivity index (χ0n) is 20.4. The van der Waals surface area contributed by atoms with E-state index >= 15 is 0 Å². The number of hydrogen-bond acceptors (Lipinski definition) is 7. The molecule has 1 aliphatic rings. The minimum Gasteiger partial charge on any atom is -0.489 e. The molecule has 37 heavy (non-hydrogen) atoms. The lowest BCUT2D eigenvalue weighted by Crippen LogP contribution is -2.26. The van der Waals surface area contributed by atoms with Crippen molar-refractivity contribution in [2.75, 3.05) is 23.3 Å². The molecule has 8 nitrogen and oxygen atoms in total. The van der Waals surface area contributed by atoms with Gasteiger partial charge in [0.05, 0.1) is 18.3 Å². The Hall–Kier alpha value is -3.67. The van der Waals surface area contributed by atoms with Crippen LogP contribution in [0.2, 0.25) is 0 Å². The number of hydrogen-bond donors (Lipinski definition) is 2. The maximum Gasteiger partial charge on any atom is 0.433 e. The molecule has 1 aromatic carbocycles. The summed E-state index contributed by atoms with van der Waals surface area (Å²) in [6, 6.07) is 10.9. The summed E-state index contributed by atoms with van der Waals surface area (Å²) in [5, 5.41) is 5.89. The van der Waals surface area contributed by atoms with Gasteiger partial charge in [-0.05, 0) is 43.7 Å². The van der Waals surface area contributed by atoms with E-state index < -0.39 is 11.9 Å². The van der Waals surface area contributed by atoms with Gasteiger partial charge in [0, 0.05) is 19.9 Å². The van der Waals surface area contributed by atoms with Gasteiger partial charge in [0.25, 0.3) is 5.91 Å². The number of amides is 2. The summed E-state index contributed by atoms with van der Waals surface area (Å²) < 4.78 is 45.0. The summed E-state index contributed by atoms with van der Waals surface area (Å²) in [4.78, 5) is 34.1. The van der Waals surface area contributed by atoms with Crippen molar-refractivity contribution in [3.05, 3.63) is 64.3 Å². The summed E-state index contributed by atoms with van der Waals surface area (Å²) in [5.74, 6) is 0.369. The smallest absolute Gasteiger partial charge is 0.433 e. The van der Waals surface area contributed by atoms with Crippen LogP contribution in [-0.2, 0) is 11.0 Å². The van der Waals surface area contributed by atoms with Gasteiger partial charge in [-0.25, -0.2) is 9.97 Å². The van der Waals surface area contributed by atoms with Gasteiger partial charge in [-0.1, -0.05) is 29.5 Å². The number of aryl methyl sites for hydroxylation is 1. The van der Waals surface area contributed by atoms with Crippen LogP contribution < -0.4 is 20.3 Å². The summed E-state index contributed by atoms with van der Waals surface area (Å²) >= 11 is 1.11. The number of halogens is 3. The number of aromatic nitrogens is 2. The molecule has 1 aliphatic heterocycles. The van der Waals surface area contributed by atoms with Crippen LogP contribution in [0.4, 0.5) is 24.1 Å². The van der Waals surface area contributed by atoms with Gasteiger partial charge >= 0.3 is 6.18 Å². The Kier molecular flexibility index (Phi) is 7.67. The monoisotopic (exact) mass is 533 g/mol. The molecule has 0 aliphatic carbocycles. The van der Waals surface area contributed by atoms with E-state index in [4.69, 9.17) is 4.74 Å². The molecule has 0 saturated carbocycles. The number of anilines is 2. The van der Waals surface area contributed by atoms with Gasteiger partial charge in [0.15, 0.2) is 5.13 Å². The molecular weight excluding hydrogens is 507 g/mol. The predicted octanol–water partition coefficient (Wildman–Crippen LogP) is 4.97. The molecular formula is C25H26F3N5O3S. The highest BCUT2D eigenvalue weighted by atomic mass is 32.1. The van der Waals surface area contributed by atoms with Crippen LogP contribution in [0.1, 0.15) is 52.9 Å². The predicted molar refractivity (Wildman–Crippen MR) is 134 cm³/mol. The number of pyridine rings is 1. The maximum atomic E-state index is 13.0. The van der Waals surface area contributed by atoms with Crippen LogP contribution in [0.5, 0.6) is 5.75 Å². The van der Waals surface area contributed by atoms with Gasteiger partial charge in [-0.15, -0.1) is 0 Å². The fourth-order valence-corrected chi connectivity index (χ4v) is 4.89. The Morgan fingerprint density at radius 3 is 2.57 bits per heavy atom. The molecule has 3 heterocycles. The average molecular weight is 534 g/mol. The lowest BCUT2D eigenvalue weighted by molar-refractivity contribution is -0.141. The fraction of sp³-hybridized carbons (Fsp3) is 0.360. The number of nitrogens with one attached hydrogen (secondary N) is 2. The molecule has 0 spiro atoms. The third kappa shape index (κ3) is 6.56. The number of carbonyl (C=O) groups excluding carboxylic acids is 2. The normalized spacial score (nSPS) is 16.4. The molecule has 1 saturated heterocycles. The first-order chi connectivity index (χ1) is 17.5. The van der Waals surface area contributed by atoms with Crippen molar-refractivity contribution in [3.63, 3.8) is 0 Å². The highest BCUT2D eigenvalue weighted by Crippen LogP contribution is 2.30. The van der Waals surface area contributed by atoms with Crippen molar-refractivity contribution >= 4 is 34.1 Å². The third-order valence-electron chi connectivity index (χ3n) is 5.81. The highest BCUT2D eigenvalue weighted by Gasteiger charge is 2.33. The molecule has 0 radical (unpaired) electrons. The zero-order valence-corrected chi connectivity index (χ0v) is 21.2. The first-order valence-electron chi connectivity index (χ1n) is 11.6. The van der Waals surface area contributed by atoms with Crippen LogP contribution in [0.3, 0.4) is 0 Å². The molecule has 12 heteroatoms. The van der Waals surface area contributed by atoms with E-state index in [2.05, 4.69) is 20.6 Å². The largest absolute Gasteiger partial charge is 0.489 e.